The second kappa shape index (κ2) is 7.44. The van der Waals surface area contributed by atoms with E-state index in [0.717, 1.165) is 5.56 Å². The lowest BCUT2D eigenvalue weighted by Gasteiger charge is -2.18. The Hall–Kier alpha value is -2.80. The number of carbonyl (C=O) groups is 1. The van der Waals surface area contributed by atoms with E-state index in [9.17, 15) is 9.18 Å². The number of rotatable bonds is 3. The van der Waals surface area contributed by atoms with Crippen LogP contribution in [-0.2, 0) is 4.79 Å². The van der Waals surface area contributed by atoms with Gasteiger partial charge in [0.15, 0.2) is 16.7 Å². The summed E-state index contributed by atoms with van der Waals surface area (Å²) in [5.41, 5.74) is 1.46. The number of benzene rings is 2. The summed E-state index contributed by atoms with van der Waals surface area (Å²) in [6.45, 7) is 3.45. The lowest BCUT2D eigenvalue weighted by atomic mass is 10.1. The molecule has 5 nitrogen and oxygen atoms in total. The van der Waals surface area contributed by atoms with E-state index in [1.165, 1.54) is 23.9 Å². The average molecular weight is 384 g/mol. The van der Waals surface area contributed by atoms with Crippen LogP contribution < -0.4 is 9.47 Å². The number of carbonyl (C=O) groups excluding carboxylic acids is 1. The molecule has 2 aliphatic heterocycles. The number of thioether (sulfide) groups is 1. The molecule has 0 saturated carbocycles. The van der Waals surface area contributed by atoms with Gasteiger partial charge in [-0.1, -0.05) is 6.07 Å². The highest BCUT2D eigenvalue weighted by Crippen LogP contribution is 2.36. The topological polar surface area (TPSA) is 51.1 Å². The summed E-state index contributed by atoms with van der Waals surface area (Å²) in [5, 5.41) is 0.581. The first kappa shape index (κ1) is 17.6. The summed E-state index contributed by atoms with van der Waals surface area (Å²) >= 11 is 1.30. The van der Waals surface area contributed by atoms with Gasteiger partial charge in [-0.15, -0.1) is 0 Å². The average Bonchev–Trinajstić information content (AvgIpc) is 2.97. The van der Waals surface area contributed by atoms with Crippen LogP contribution in [0.5, 0.6) is 11.5 Å². The molecule has 0 bridgehead atoms. The maximum Gasteiger partial charge on any atom is 0.266 e. The first-order chi connectivity index (χ1) is 13.1. The zero-order valence-electron chi connectivity index (χ0n) is 14.6. The van der Waals surface area contributed by atoms with Gasteiger partial charge in [-0.3, -0.25) is 9.69 Å². The fraction of sp³-hybridized carbons (Fsp3) is 0.200. The molecule has 2 aromatic rings. The second-order valence-electron chi connectivity index (χ2n) is 5.93. The predicted molar refractivity (Wildman–Crippen MR) is 104 cm³/mol. The number of hydrogen-bond donors (Lipinski definition) is 0. The summed E-state index contributed by atoms with van der Waals surface area (Å²) in [6, 6.07) is 11.5. The number of aliphatic imine (C=N–C) groups is 1. The molecule has 0 atom stereocenters. The van der Waals surface area contributed by atoms with Gasteiger partial charge >= 0.3 is 0 Å². The van der Waals surface area contributed by atoms with E-state index >= 15 is 0 Å². The molecule has 4 rings (SSSR count). The first-order valence-electron chi connectivity index (χ1n) is 8.59. The summed E-state index contributed by atoms with van der Waals surface area (Å²) < 4.78 is 24.2. The Bertz CT molecular complexity index is 941. The fourth-order valence-electron chi connectivity index (χ4n) is 2.80. The van der Waals surface area contributed by atoms with Crippen LogP contribution in [0.3, 0.4) is 0 Å². The van der Waals surface area contributed by atoms with Gasteiger partial charge in [0.25, 0.3) is 5.91 Å². The molecule has 0 unspecified atom stereocenters. The minimum atomic E-state index is -0.319. The van der Waals surface area contributed by atoms with Crippen molar-refractivity contribution in [3.05, 3.63) is 58.8 Å². The Morgan fingerprint density at radius 3 is 2.63 bits per heavy atom. The van der Waals surface area contributed by atoms with Crippen LogP contribution in [0.2, 0.25) is 0 Å². The highest BCUT2D eigenvalue weighted by atomic mass is 32.2. The number of ether oxygens (including phenoxy) is 2. The second-order valence-corrected chi connectivity index (χ2v) is 6.94. The number of likely N-dealkylation sites (N-methyl/N-ethyl adjacent to an activating group) is 1. The molecule has 2 aromatic carbocycles. The van der Waals surface area contributed by atoms with Gasteiger partial charge in [0, 0.05) is 6.54 Å². The molecule has 0 spiro atoms. The minimum Gasteiger partial charge on any atom is -0.486 e. The van der Waals surface area contributed by atoms with Crippen LogP contribution in [0.15, 0.2) is 52.4 Å². The van der Waals surface area contributed by atoms with Gasteiger partial charge in [0.2, 0.25) is 0 Å². The molecule has 1 amide bonds. The molecular weight excluding hydrogens is 367 g/mol. The summed E-state index contributed by atoms with van der Waals surface area (Å²) in [6.07, 6.45) is 1.82. The fourth-order valence-corrected chi connectivity index (χ4v) is 3.86. The number of halogens is 1. The molecule has 138 valence electrons. The molecule has 0 radical (unpaired) electrons. The van der Waals surface area contributed by atoms with Gasteiger partial charge in [0.05, 0.1) is 10.6 Å². The van der Waals surface area contributed by atoms with Crippen LogP contribution in [0, 0.1) is 5.82 Å². The lowest BCUT2D eigenvalue weighted by Crippen LogP contribution is -2.28. The van der Waals surface area contributed by atoms with Crippen molar-refractivity contribution in [3.63, 3.8) is 0 Å². The lowest BCUT2D eigenvalue weighted by molar-refractivity contribution is -0.122. The van der Waals surface area contributed by atoms with Gasteiger partial charge in [-0.2, -0.15) is 0 Å². The van der Waals surface area contributed by atoms with E-state index < -0.39 is 0 Å². The van der Waals surface area contributed by atoms with E-state index in [1.807, 2.05) is 31.2 Å². The standard InChI is InChI=1S/C20H17FN2O3S/c1-2-23-19(24)18(27-20(23)22-15-6-4-14(21)5-7-15)12-13-3-8-16-17(11-13)26-10-9-25-16/h3-8,11-12H,2,9-10H2,1H3/b18-12+,22-20?. The third kappa shape index (κ3) is 3.68. The zero-order chi connectivity index (χ0) is 18.8. The Balaban J connectivity index is 1.63. The van der Waals surface area contributed by atoms with Gasteiger partial charge in [-0.25, -0.2) is 9.38 Å². The summed E-state index contributed by atoms with van der Waals surface area (Å²) in [5.74, 6) is 0.972. The van der Waals surface area contributed by atoms with E-state index in [-0.39, 0.29) is 11.7 Å². The number of amidine groups is 1. The maximum atomic E-state index is 13.1. The Morgan fingerprint density at radius 1 is 1.15 bits per heavy atom. The molecule has 1 saturated heterocycles. The van der Waals surface area contributed by atoms with Crippen molar-refractivity contribution in [2.75, 3.05) is 19.8 Å². The number of nitrogens with zero attached hydrogens (tertiary/aromatic N) is 2. The molecule has 1 fully saturated rings. The normalized spacial score (nSPS) is 19.2. The molecule has 7 heteroatoms. The smallest absolute Gasteiger partial charge is 0.266 e. The van der Waals surface area contributed by atoms with Gasteiger partial charge < -0.3 is 9.47 Å². The first-order valence-corrected chi connectivity index (χ1v) is 9.41. The molecular formula is C20H17FN2O3S. The van der Waals surface area contributed by atoms with Crippen molar-refractivity contribution >= 4 is 34.6 Å². The van der Waals surface area contributed by atoms with Crippen molar-refractivity contribution in [1.29, 1.82) is 0 Å². The minimum absolute atomic E-state index is 0.0988. The van der Waals surface area contributed by atoms with Crippen LogP contribution in [0.4, 0.5) is 10.1 Å². The van der Waals surface area contributed by atoms with E-state index in [4.69, 9.17) is 9.47 Å². The van der Waals surface area contributed by atoms with E-state index in [1.54, 1.807) is 17.0 Å². The van der Waals surface area contributed by atoms with Crippen molar-refractivity contribution < 1.29 is 18.7 Å². The zero-order valence-corrected chi connectivity index (χ0v) is 15.5. The summed E-state index contributed by atoms with van der Waals surface area (Å²) in [7, 11) is 0. The van der Waals surface area contributed by atoms with Crippen LogP contribution in [-0.4, -0.2) is 35.7 Å². The van der Waals surface area contributed by atoms with E-state index in [0.29, 0.717) is 47.0 Å². The molecule has 0 aromatic heterocycles. The molecule has 0 N–H and O–H groups in total. The van der Waals surface area contributed by atoms with Crippen LogP contribution in [0.1, 0.15) is 12.5 Å². The maximum absolute atomic E-state index is 13.1. The van der Waals surface area contributed by atoms with E-state index in [2.05, 4.69) is 4.99 Å². The SMILES string of the molecule is CCN1C(=O)/C(=C\c2ccc3c(c2)OCCO3)SC1=Nc1ccc(F)cc1. The molecule has 2 aliphatic rings. The van der Waals surface area contributed by atoms with Crippen molar-refractivity contribution in [3.8, 4) is 11.5 Å². The Labute approximate surface area is 160 Å². The highest BCUT2D eigenvalue weighted by Gasteiger charge is 2.32. The molecule has 2 heterocycles. The van der Waals surface area contributed by atoms with Crippen LogP contribution >= 0.6 is 11.8 Å². The van der Waals surface area contributed by atoms with Gasteiger partial charge in [-0.05, 0) is 66.7 Å². The Kier molecular flexibility index (Phi) is 4.85. The third-order valence-electron chi connectivity index (χ3n) is 4.12. The van der Waals surface area contributed by atoms with Crippen molar-refractivity contribution in [2.45, 2.75) is 6.92 Å². The Morgan fingerprint density at radius 2 is 1.89 bits per heavy atom. The number of fused-ring (bicyclic) bond motifs is 1. The molecule has 0 aliphatic carbocycles. The predicted octanol–water partition coefficient (Wildman–Crippen LogP) is 4.22. The van der Waals surface area contributed by atoms with Crippen molar-refractivity contribution in [1.82, 2.24) is 4.90 Å². The third-order valence-corrected chi connectivity index (χ3v) is 5.13. The van der Waals surface area contributed by atoms with Gasteiger partial charge in [0.1, 0.15) is 19.0 Å². The quantitative estimate of drug-likeness (QED) is 0.744. The number of hydrogen-bond acceptors (Lipinski definition) is 5. The monoisotopic (exact) mass is 384 g/mol. The van der Waals surface area contributed by atoms with Crippen molar-refractivity contribution in [2.24, 2.45) is 4.99 Å². The molecule has 27 heavy (non-hydrogen) atoms. The largest absolute Gasteiger partial charge is 0.486 e. The number of amides is 1. The summed E-state index contributed by atoms with van der Waals surface area (Å²) in [4.78, 5) is 19.4. The van der Waals surface area contributed by atoms with Crippen LogP contribution in [0.25, 0.3) is 6.08 Å². The highest BCUT2D eigenvalue weighted by molar-refractivity contribution is 8.18.